The maximum absolute atomic E-state index is 12.4. The van der Waals surface area contributed by atoms with Gasteiger partial charge >= 0.3 is 6.03 Å². The maximum Gasteiger partial charge on any atom is 0.348 e. The molecule has 6 heteroatoms. The molecule has 1 fully saturated rings. The van der Waals surface area contributed by atoms with Gasteiger partial charge in [-0.2, -0.15) is 0 Å². The highest BCUT2D eigenvalue weighted by Crippen LogP contribution is 2.18. The lowest BCUT2D eigenvalue weighted by atomic mass is 10.00. The summed E-state index contributed by atoms with van der Waals surface area (Å²) in [4.78, 5) is 18.6. The molecule has 0 bridgehead atoms. The van der Waals surface area contributed by atoms with Crippen molar-refractivity contribution in [3.8, 4) is 0 Å². The Morgan fingerprint density at radius 2 is 2.05 bits per heavy atom. The monoisotopic (exact) mass is 259 g/mol. The van der Waals surface area contributed by atoms with Gasteiger partial charge in [-0.15, -0.1) is 9.78 Å². The molecule has 0 spiro atoms. The standard InChI is InChI=1S/C13H17N5O/c1-9-5-7-17(8-6-9)13(19)18-12-11(15-16-18)4-3-10(2)14-12/h3-4,9H,5-8H2,1-2H3. The van der Waals surface area contributed by atoms with Gasteiger partial charge in [0, 0.05) is 18.8 Å². The van der Waals surface area contributed by atoms with Crippen molar-refractivity contribution in [2.45, 2.75) is 26.7 Å². The summed E-state index contributed by atoms with van der Waals surface area (Å²) in [6.07, 6.45) is 2.09. The van der Waals surface area contributed by atoms with Crippen LogP contribution in [-0.4, -0.2) is 44.0 Å². The first-order chi connectivity index (χ1) is 9.15. The second-order valence-corrected chi connectivity index (χ2v) is 5.25. The summed E-state index contributed by atoms with van der Waals surface area (Å²) in [5.74, 6) is 0.692. The van der Waals surface area contributed by atoms with Gasteiger partial charge in [-0.25, -0.2) is 9.78 Å². The van der Waals surface area contributed by atoms with Crippen LogP contribution in [0.4, 0.5) is 4.79 Å². The van der Waals surface area contributed by atoms with E-state index in [1.807, 2.05) is 24.0 Å². The zero-order valence-electron chi connectivity index (χ0n) is 11.2. The van der Waals surface area contributed by atoms with Crippen LogP contribution in [0, 0.1) is 12.8 Å². The lowest BCUT2D eigenvalue weighted by Gasteiger charge is -2.29. The summed E-state index contributed by atoms with van der Waals surface area (Å²) in [7, 11) is 0. The quantitative estimate of drug-likeness (QED) is 0.724. The highest BCUT2D eigenvalue weighted by molar-refractivity contribution is 5.85. The first-order valence-corrected chi connectivity index (χ1v) is 6.63. The third kappa shape index (κ3) is 2.18. The number of aryl methyl sites for hydroxylation is 1. The Hall–Kier alpha value is -1.98. The smallest absolute Gasteiger partial charge is 0.323 e. The number of hydrogen-bond acceptors (Lipinski definition) is 4. The van der Waals surface area contributed by atoms with Crippen molar-refractivity contribution in [3.05, 3.63) is 17.8 Å². The van der Waals surface area contributed by atoms with E-state index in [0.717, 1.165) is 31.6 Å². The number of pyridine rings is 1. The minimum atomic E-state index is -0.118. The summed E-state index contributed by atoms with van der Waals surface area (Å²) in [6.45, 7) is 5.68. The zero-order chi connectivity index (χ0) is 13.4. The third-order valence-corrected chi connectivity index (χ3v) is 3.67. The van der Waals surface area contributed by atoms with Crippen molar-refractivity contribution in [1.82, 2.24) is 24.9 Å². The molecule has 1 amide bonds. The molecule has 0 aliphatic carbocycles. The summed E-state index contributed by atoms with van der Waals surface area (Å²) in [6, 6.07) is 3.59. The molecule has 1 saturated heterocycles. The number of carbonyl (C=O) groups is 1. The maximum atomic E-state index is 12.4. The minimum Gasteiger partial charge on any atom is -0.323 e. The van der Waals surface area contributed by atoms with Crippen LogP contribution in [0.3, 0.4) is 0 Å². The van der Waals surface area contributed by atoms with Crippen LogP contribution in [0.25, 0.3) is 11.2 Å². The van der Waals surface area contributed by atoms with E-state index >= 15 is 0 Å². The number of aromatic nitrogens is 4. The van der Waals surface area contributed by atoms with E-state index in [1.54, 1.807) is 0 Å². The summed E-state index contributed by atoms with van der Waals surface area (Å²) in [5, 5.41) is 7.94. The van der Waals surface area contributed by atoms with Gasteiger partial charge in [-0.05, 0) is 37.8 Å². The van der Waals surface area contributed by atoms with E-state index < -0.39 is 0 Å². The fourth-order valence-corrected chi connectivity index (χ4v) is 2.37. The number of rotatable bonds is 0. The van der Waals surface area contributed by atoms with E-state index in [2.05, 4.69) is 22.2 Å². The van der Waals surface area contributed by atoms with Crippen molar-refractivity contribution in [3.63, 3.8) is 0 Å². The molecule has 1 aliphatic rings. The number of nitrogens with zero attached hydrogens (tertiary/aromatic N) is 5. The number of amides is 1. The van der Waals surface area contributed by atoms with Gasteiger partial charge in [0.05, 0.1) is 0 Å². The molecule has 0 unspecified atom stereocenters. The van der Waals surface area contributed by atoms with Crippen molar-refractivity contribution >= 4 is 17.2 Å². The van der Waals surface area contributed by atoms with E-state index in [1.165, 1.54) is 4.68 Å². The Balaban J connectivity index is 1.91. The second kappa shape index (κ2) is 4.60. The van der Waals surface area contributed by atoms with Crippen LogP contribution in [0.15, 0.2) is 12.1 Å². The number of piperidine rings is 1. The molecular formula is C13H17N5O. The highest BCUT2D eigenvalue weighted by Gasteiger charge is 2.24. The molecule has 0 atom stereocenters. The van der Waals surface area contributed by atoms with E-state index in [0.29, 0.717) is 17.1 Å². The van der Waals surface area contributed by atoms with Crippen LogP contribution in [0.5, 0.6) is 0 Å². The number of likely N-dealkylation sites (tertiary alicyclic amines) is 1. The molecule has 0 saturated carbocycles. The molecule has 0 radical (unpaired) electrons. The Labute approximate surface area is 111 Å². The molecule has 0 N–H and O–H groups in total. The topological polar surface area (TPSA) is 63.9 Å². The predicted octanol–water partition coefficient (Wildman–Crippen LogP) is 1.83. The molecule has 3 rings (SSSR count). The van der Waals surface area contributed by atoms with Gasteiger partial charge < -0.3 is 4.90 Å². The molecule has 1 aliphatic heterocycles. The van der Waals surface area contributed by atoms with Gasteiger partial charge in [0.2, 0.25) is 0 Å². The molecule has 6 nitrogen and oxygen atoms in total. The molecule has 0 aromatic carbocycles. The molecule has 2 aromatic rings. The summed E-state index contributed by atoms with van der Waals surface area (Å²) in [5.41, 5.74) is 2.06. The van der Waals surface area contributed by atoms with Crippen LogP contribution in [0.2, 0.25) is 0 Å². The molecule has 100 valence electrons. The number of carbonyl (C=O) groups excluding carboxylic acids is 1. The minimum absolute atomic E-state index is 0.118. The fourth-order valence-electron chi connectivity index (χ4n) is 2.37. The predicted molar refractivity (Wildman–Crippen MR) is 70.8 cm³/mol. The van der Waals surface area contributed by atoms with Crippen molar-refractivity contribution in [2.24, 2.45) is 5.92 Å². The van der Waals surface area contributed by atoms with E-state index in [-0.39, 0.29) is 6.03 Å². The van der Waals surface area contributed by atoms with Gasteiger partial charge in [0.25, 0.3) is 0 Å². The second-order valence-electron chi connectivity index (χ2n) is 5.25. The third-order valence-electron chi connectivity index (χ3n) is 3.67. The largest absolute Gasteiger partial charge is 0.348 e. The molecular weight excluding hydrogens is 242 g/mol. The van der Waals surface area contributed by atoms with Crippen molar-refractivity contribution < 1.29 is 4.79 Å². The van der Waals surface area contributed by atoms with Crippen molar-refractivity contribution in [2.75, 3.05) is 13.1 Å². The number of hydrogen-bond donors (Lipinski definition) is 0. The highest BCUT2D eigenvalue weighted by atomic mass is 16.2. The average molecular weight is 259 g/mol. The first-order valence-electron chi connectivity index (χ1n) is 6.63. The van der Waals surface area contributed by atoms with Gasteiger partial charge in [-0.1, -0.05) is 12.1 Å². The van der Waals surface area contributed by atoms with Crippen LogP contribution in [-0.2, 0) is 0 Å². The average Bonchev–Trinajstić information content (AvgIpc) is 2.81. The lowest BCUT2D eigenvalue weighted by Crippen LogP contribution is -2.40. The Morgan fingerprint density at radius 1 is 1.32 bits per heavy atom. The molecule has 3 heterocycles. The van der Waals surface area contributed by atoms with E-state index in [4.69, 9.17) is 0 Å². The summed E-state index contributed by atoms with van der Waals surface area (Å²) < 4.78 is 1.32. The van der Waals surface area contributed by atoms with Crippen LogP contribution in [0.1, 0.15) is 25.5 Å². The van der Waals surface area contributed by atoms with Crippen molar-refractivity contribution in [1.29, 1.82) is 0 Å². The van der Waals surface area contributed by atoms with E-state index in [9.17, 15) is 4.79 Å². The normalized spacial score (nSPS) is 17.1. The van der Waals surface area contributed by atoms with Crippen LogP contribution >= 0.6 is 0 Å². The SMILES string of the molecule is Cc1ccc2nnn(C(=O)N3CCC(C)CC3)c2n1. The first kappa shape index (κ1) is 12.1. The van der Waals surface area contributed by atoms with Gasteiger partial charge in [-0.3, -0.25) is 0 Å². The fraction of sp³-hybridized carbons (Fsp3) is 0.538. The van der Waals surface area contributed by atoms with Gasteiger partial charge in [0.15, 0.2) is 5.65 Å². The Morgan fingerprint density at radius 3 is 2.79 bits per heavy atom. The molecule has 2 aromatic heterocycles. The van der Waals surface area contributed by atoms with Crippen LogP contribution < -0.4 is 0 Å². The molecule has 19 heavy (non-hydrogen) atoms. The zero-order valence-corrected chi connectivity index (χ0v) is 11.2. The Bertz CT molecular complexity index is 613. The lowest BCUT2D eigenvalue weighted by molar-refractivity contribution is 0.173. The number of fused-ring (bicyclic) bond motifs is 1. The summed E-state index contributed by atoms with van der Waals surface area (Å²) >= 11 is 0. The Kier molecular flexibility index (Phi) is 2.93. The van der Waals surface area contributed by atoms with Gasteiger partial charge in [0.1, 0.15) is 5.52 Å².